The lowest BCUT2D eigenvalue weighted by molar-refractivity contribution is 0.567. The Labute approximate surface area is 111 Å². The third kappa shape index (κ3) is 2.34. The van der Waals surface area contributed by atoms with Crippen molar-refractivity contribution in [3.05, 3.63) is 22.2 Å². The van der Waals surface area contributed by atoms with Crippen molar-refractivity contribution in [3.8, 4) is 0 Å². The molecule has 1 aliphatic carbocycles. The predicted molar refractivity (Wildman–Crippen MR) is 73.5 cm³/mol. The molecular formula is C13H19N5O. The molecule has 1 saturated carbocycles. The molecule has 0 aliphatic heterocycles. The van der Waals surface area contributed by atoms with E-state index in [2.05, 4.69) is 41.3 Å². The smallest absolute Gasteiger partial charge is 0.350 e. The second kappa shape index (κ2) is 4.08. The van der Waals surface area contributed by atoms with E-state index in [1.54, 1.807) is 0 Å². The van der Waals surface area contributed by atoms with Gasteiger partial charge in [-0.15, -0.1) is 0 Å². The van der Waals surface area contributed by atoms with Gasteiger partial charge in [0.15, 0.2) is 5.65 Å². The summed E-state index contributed by atoms with van der Waals surface area (Å²) in [5.74, 6) is 1.31. The lowest BCUT2D eigenvalue weighted by Crippen LogP contribution is -2.21. The third-order valence-electron chi connectivity index (χ3n) is 3.42. The highest BCUT2D eigenvalue weighted by Crippen LogP contribution is 2.29. The zero-order valence-corrected chi connectivity index (χ0v) is 11.5. The number of nitrogens with zero attached hydrogens (tertiary/aromatic N) is 3. The molecule has 2 aromatic heterocycles. The predicted octanol–water partition coefficient (Wildman–Crippen LogP) is 1.54. The average Bonchev–Trinajstić information content (AvgIpc) is 3.09. The minimum atomic E-state index is -0.249. The van der Waals surface area contributed by atoms with Crippen LogP contribution in [0.5, 0.6) is 0 Å². The molecule has 6 heteroatoms. The van der Waals surface area contributed by atoms with E-state index in [1.807, 2.05) is 6.07 Å². The largest absolute Gasteiger partial charge is 0.355 e. The first-order valence-corrected chi connectivity index (χ1v) is 6.68. The number of H-pyrrole nitrogens is 1. The first-order valence-electron chi connectivity index (χ1n) is 6.68. The molecule has 3 rings (SSSR count). The summed E-state index contributed by atoms with van der Waals surface area (Å²) in [6.07, 6.45) is 2.52. The molecule has 19 heavy (non-hydrogen) atoms. The summed E-state index contributed by atoms with van der Waals surface area (Å²) in [5, 5.41) is 9.80. The van der Waals surface area contributed by atoms with Crippen LogP contribution in [0.25, 0.3) is 5.65 Å². The lowest BCUT2D eigenvalue weighted by atomic mass is 9.92. The topological polar surface area (TPSA) is 75.1 Å². The van der Waals surface area contributed by atoms with Crippen molar-refractivity contribution in [1.82, 2.24) is 19.6 Å². The molecule has 0 aromatic carbocycles. The van der Waals surface area contributed by atoms with E-state index in [4.69, 9.17) is 0 Å². The Bertz CT molecular complexity index is 660. The van der Waals surface area contributed by atoms with Crippen molar-refractivity contribution < 1.29 is 0 Å². The van der Waals surface area contributed by atoms with Gasteiger partial charge in [0, 0.05) is 18.0 Å². The van der Waals surface area contributed by atoms with Crippen LogP contribution in [0.3, 0.4) is 0 Å². The maximum Gasteiger partial charge on any atom is 0.350 e. The number of aromatic nitrogens is 4. The van der Waals surface area contributed by atoms with Crippen LogP contribution in [0.15, 0.2) is 10.9 Å². The molecule has 2 heterocycles. The number of hydrogen-bond donors (Lipinski definition) is 2. The van der Waals surface area contributed by atoms with Gasteiger partial charge in [0.05, 0.1) is 5.69 Å². The molecule has 0 spiro atoms. The molecule has 102 valence electrons. The summed E-state index contributed by atoms with van der Waals surface area (Å²) in [6.45, 7) is 7.16. The number of anilines is 1. The van der Waals surface area contributed by atoms with Crippen molar-refractivity contribution in [2.45, 2.75) is 39.0 Å². The van der Waals surface area contributed by atoms with Gasteiger partial charge in [0.25, 0.3) is 0 Å². The Morgan fingerprint density at radius 1 is 1.47 bits per heavy atom. The molecule has 0 atom stereocenters. The van der Waals surface area contributed by atoms with Gasteiger partial charge in [-0.2, -0.15) is 5.10 Å². The molecule has 0 saturated heterocycles. The van der Waals surface area contributed by atoms with Crippen LogP contribution in [0.2, 0.25) is 0 Å². The normalized spacial score (nSPS) is 15.9. The third-order valence-corrected chi connectivity index (χ3v) is 3.42. The fourth-order valence-electron chi connectivity index (χ4n) is 1.99. The van der Waals surface area contributed by atoms with E-state index in [0.29, 0.717) is 11.6 Å². The van der Waals surface area contributed by atoms with Crippen LogP contribution in [0.1, 0.15) is 39.3 Å². The average molecular weight is 261 g/mol. The summed E-state index contributed by atoms with van der Waals surface area (Å²) < 4.78 is 1.50. The van der Waals surface area contributed by atoms with Gasteiger partial charge in [-0.3, -0.25) is 0 Å². The summed E-state index contributed by atoms with van der Waals surface area (Å²) in [6, 6.07) is 1.86. The Hall–Kier alpha value is -1.85. The summed E-state index contributed by atoms with van der Waals surface area (Å²) in [5.41, 5.74) is 1.22. The Balaban J connectivity index is 2.08. The van der Waals surface area contributed by atoms with Crippen LogP contribution in [0, 0.1) is 5.92 Å². The lowest BCUT2D eigenvalue weighted by Gasteiger charge is -2.19. The summed E-state index contributed by atoms with van der Waals surface area (Å²) in [4.78, 5) is 16.4. The fourth-order valence-corrected chi connectivity index (χ4v) is 1.99. The standard InChI is InChI=1S/C13H19N5O/c1-13(2,3)9-6-10-16-17-12(19)18(10)11(15-9)14-7-8-4-5-8/h6,8H,4-5,7H2,1-3H3,(H,14,15)(H,17,19). The van der Waals surface area contributed by atoms with Crippen LogP contribution in [0.4, 0.5) is 5.95 Å². The summed E-state index contributed by atoms with van der Waals surface area (Å²) in [7, 11) is 0. The molecular weight excluding hydrogens is 242 g/mol. The van der Waals surface area contributed by atoms with E-state index in [9.17, 15) is 4.79 Å². The van der Waals surface area contributed by atoms with Gasteiger partial charge in [0.1, 0.15) is 0 Å². The molecule has 6 nitrogen and oxygen atoms in total. The van der Waals surface area contributed by atoms with Crippen LogP contribution in [-0.4, -0.2) is 26.1 Å². The molecule has 0 amide bonds. The van der Waals surface area contributed by atoms with Crippen LogP contribution < -0.4 is 11.0 Å². The number of rotatable bonds is 3. The number of hydrogen-bond acceptors (Lipinski definition) is 4. The van der Waals surface area contributed by atoms with Crippen molar-refractivity contribution in [1.29, 1.82) is 0 Å². The first kappa shape index (κ1) is 12.2. The van der Waals surface area contributed by atoms with Crippen molar-refractivity contribution >= 4 is 11.6 Å². The highest BCUT2D eigenvalue weighted by molar-refractivity contribution is 5.47. The van der Waals surface area contributed by atoms with E-state index in [-0.39, 0.29) is 11.1 Å². The highest BCUT2D eigenvalue weighted by atomic mass is 16.1. The Kier molecular flexibility index (Phi) is 2.62. The maximum absolute atomic E-state index is 11.8. The molecule has 0 unspecified atom stereocenters. The minimum Gasteiger partial charge on any atom is -0.355 e. The molecule has 2 N–H and O–H groups in total. The van der Waals surface area contributed by atoms with Gasteiger partial charge < -0.3 is 5.32 Å². The zero-order valence-electron chi connectivity index (χ0n) is 11.5. The molecule has 2 aromatic rings. The van der Waals surface area contributed by atoms with E-state index in [1.165, 1.54) is 17.2 Å². The van der Waals surface area contributed by atoms with Crippen LogP contribution in [-0.2, 0) is 5.41 Å². The molecule has 0 bridgehead atoms. The van der Waals surface area contributed by atoms with Crippen LogP contribution >= 0.6 is 0 Å². The number of aromatic amines is 1. The zero-order chi connectivity index (χ0) is 13.6. The maximum atomic E-state index is 11.8. The van der Waals surface area contributed by atoms with Crippen molar-refractivity contribution in [3.63, 3.8) is 0 Å². The molecule has 0 radical (unpaired) electrons. The molecule has 1 fully saturated rings. The Morgan fingerprint density at radius 3 is 2.84 bits per heavy atom. The van der Waals surface area contributed by atoms with Crippen molar-refractivity contribution in [2.24, 2.45) is 5.92 Å². The number of fused-ring (bicyclic) bond motifs is 1. The van der Waals surface area contributed by atoms with E-state index in [0.717, 1.165) is 18.2 Å². The van der Waals surface area contributed by atoms with Gasteiger partial charge >= 0.3 is 5.69 Å². The monoisotopic (exact) mass is 261 g/mol. The fraction of sp³-hybridized carbons (Fsp3) is 0.615. The Morgan fingerprint density at radius 2 is 2.21 bits per heavy atom. The van der Waals surface area contributed by atoms with E-state index < -0.39 is 0 Å². The van der Waals surface area contributed by atoms with E-state index >= 15 is 0 Å². The second-order valence-electron chi connectivity index (χ2n) is 6.26. The van der Waals surface area contributed by atoms with Crippen molar-refractivity contribution in [2.75, 3.05) is 11.9 Å². The van der Waals surface area contributed by atoms with Gasteiger partial charge in [-0.25, -0.2) is 19.3 Å². The quantitative estimate of drug-likeness (QED) is 0.878. The van der Waals surface area contributed by atoms with Gasteiger partial charge in [-0.1, -0.05) is 20.8 Å². The molecule has 1 aliphatic rings. The van der Waals surface area contributed by atoms with Gasteiger partial charge in [0.2, 0.25) is 5.95 Å². The van der Waals surface area contributed by atoms with Gasteiger partial charge in [-0.05, 0) is 18.8 Å². The number of nitrogens with one attached hydrogen (secondary N) is 2. The summed E-state index contributed by atoms with van der Waals surface area (Å²) >= 11 is 0. The SMILES string of the molecule is CC(C)(C)c1cc2n[nH]c(=O)n2c(NCC2CC2)n1. The first-order chi connectivity index (χ1) is 8.95. The second-order valence-corrected chi connectivity index (χ2v) is 6.26. The highest BCUT2D eigenvalue weighted by Gasteiger charge is 2.23. The minimum absolute atomic E-state index is 0.0766.